The van der Waals surface area contributed by atoms with E-state index in [2.05, 4.69) is 23.3 Å². The molecule has 2 fully saturated rings. The van der Waals surface area contributed by atoms with Crippen LogP contribution < -0.4 is 5.32 Å². The minimum atomic E-state index is -0.203. The number of benzene rings is 1. The summed E-state index contributed by atoms with van der Waals surface area (Å²) in [5.74, 6) is 1.21. The number of rotatable bonds is 4. The Morgan fingerprint density at radius 3 is 2.77 bits per heavy atom. The third-order valence-corrected chi connectivity index (χ3v) is 5.02. The van der Waals surface area contributed by atoms with Crippen molar-refractivity contribution in [1.29, 1.82) is 0 Å². The summed E-state index contributed by atoms with van der Waals surface area (Å²) in [6.45, 7) is 1.72. The van der Waals surface area contributed by atoms with Gasteiger partial charge in [-0.2, -0.15) is 0 Å². The van der Waals surface area contributed by atoms with Gasteiger partial charge in [-0.3, -0.25) is 9.69 Å². The van der Waals surface area contributed by atoms with Crippen LogP contribution in [0.4, 0.5) is 4.39 Å². The highest BCUT2D eigenvalue weighted by atomic mass is 19.1. The molecule has 3 atom stereocenters. The fourth-order valence-corrected chi connectivity index (χ4v) is 3.67. The standard InChI is InChI=1S/C18H23FN2O/c1-21(8-2-3-13-4-6-16(19)7-5-13)17-9-14-11-18(22)20-12-15(14)10-17/h2-7,14-15,17H,8-12H2,1H3,(H,20,22)/b3-2+/t14-,15+,17-/m0/s1. The van der Waals surface area contributed by atoms with Gasteiger partial charge in [-0.25, -0.2) is 4.39 Å². The molecule has 3 rings (SSSR count). The SMILES string of the molecule is CN(C/C=C/c1ccc(F)cc1)[C@H]1C[C@H]2CC(=O)NC[C@H]2C1. The Morgan fingerprint density at radius 2 is 2.00 bits per heavy atom. The average molecular weight is 302 g/mol. The Bertz CT molecular complexity index is 555. The van der Waals surface area contributed by atoms with Crippen molar-refractivity contribution in [2.24, 2.45) is 11.8 Å². The molecule has 22 heavy (non-hydrogen) atoms. The molecule has 3 nitrogen and oxygen atoms in total. The summed E-state index contributed by atoms with van der Waals surface area (Å²) in [7, 11) is 2.15. The third kappa shape index (κ3) is 3.55. The molecule has 1 saturated heterocycles. The summed E-state index contributed by atoms with van der Waals surface area (Å²) < 4.78 is 12.9. The zero-order valence-corrected chi connectivity index (χ0v) is 13.0. The third-order valence-electron chi connectivity index (χ3n) is 5.02. The summed E-state index contributed by atoms with van der Waals surface area (Å²) in [6, 6.07) is 7.09. The number of fused-ring (bicyclic) bond motifs is 1. The summed E-state index contributed by atoms with van der Waals surface area (Å²) >= 11 is 0. The molecule has 0 unspecified atom stereocenters. The van der Waals surface area contributed by atoms with Gasteiger partial charge in [-0.1, -0.05) is 24.3 Å². The minimum Gasteiger partial charge on any atom is -0.356 e. The minimum absolute atomic E-state index is 0.203. The lowest BCUT2D eigenvalue weighted by atomic mass is 9.89. The van der Waals surface area contributed by atoms with E-state index in [0.29, 0.717) is 24.3 Å². The van der Waals surface area contributed by atoms with Crippen LogP contribution in [0.1, 0.15) is 24.8 Å². The van der Waals surface area contributed by atoms with Crippen LogP contribution in [0.5, 0.6) is 0 Å². The van der Waals surface area contributed by atoms with Crippen molar-refractivity contribution in [3.8, 4) is 0 Å². The monoisotopic (exact) mass is 302 g/mol. The van der Waals surface area contributed by atoms with Gasteiger partial charge in [0, 0.05) is 25.6 Å². The van der Waals surface area contributed by atoms with Gasteiger partial charge in [-0.15, -0.1) is 0 Å². The quantitative estimate of drug-likeness (QED) is 0.927. The molecule has 1 aliphatic carbocycles. The molecule has 1 N–H and O–H groups in total. The molecule has 0 radical (unpaired) electrons. The van der Waals surface area contributed by atoms with Crippen LogP contribution in [0.2, 0.25) is 0 Å². The maximum absolute atomic E-state index is 12.9. The van der Waals surface area contributed by atoms with E-state index in [1.165, 1.54) is 18.6 Å². The number of likely N-dealkylation sites (N-methyl/N-ethyl adjacent to an activating group) is 1. The van der Waals surface area contributed by atoms with Gasteiger partial charge in [-0.05, 0) is 49.4 Å². The van der Waals surface area contributed by atoms with E-state index in [1.54, 1.807) is 12.1 Å². The van der Waals surface area contributed by atoms with Crippen molar-refractivity contribution in [1.82, 2.24) is 10.2 Å². The summed E-state index contributed by atoms with van der Waals surface area (Å²) in [4.78, 5) is 13.8. The number of carbonyl (C=O) groups is 1. The Labute approximate surface area is 131 Å². The lowest BCUT2D eigenvalue weighted by Gasteiger charge is -2.24. The van der Waals surface area contributed by atoms with Gasteiger partial charge in [0.05, 0.1) is 0 Å². The van der Waals surface area contributed by atoms with Gasteiger partial charge < -0.3 is 5.32 Å². The van der Waals surface area contributed by atoms with Crippen molar-refractivity contribution in [3.05, 3.63) is 41.7 Å². The fraction of sp³-hybridized carbons (Fsp3) is 0.500. The maximum atomic E-state index is 12.9. The highest BCUT2D eigenvalue weighted by Gasteiger charge is 2.39. The molecule has 1 aromatic carbocycles. The molecule has 0 spiro atoms. The summed E-state index contributed by atoms with van der Waals surface area (Å²) in [5.41, 5.74) is 1.02. The van der Waals surface area contributed by atoms with Gasteiger partial charge in [0.2, 0.25) is 5.91 Å². The smallest absolute Gasteiger partial charge is 0.220 e. The Kier molecular flexibility index (Phi) is 4.57. The van der Waals surface area contributed by atoms with Gasteiger partial charge >= 0.3 is 0 Å². The second-order valence-corrected chi connectivity index (χ2v) is 6.55. The highest BCUT2D eigenvalue weighted by molar-refractivity contribution is 5.77. The second-order valence-electron chi connectivity index (χ2n) is 6.55. The lowest BCUT2D eigenvalue weighted by Crippen LogP contribution is -2.38. The van der Waals surface area contributed by atoms with Crippen molar-refractivity contribution < 1.29 is 9.18 Å². The van der Waals surface area contributed by atoms with Gasteiger partial charge in [0.15, 0.2) is 0 Å². The van der Waals surface area contributed by atoms with Crippen molar-refractivity contribution in [3.63, 3.8) is 0 Å². The Morgan fingerprint density at radius 1 is 1.27 bits per heavy atom. The molecule has 0 bridgehead atoms. The number of hydrogen-bond donors (Lipinski definition) is 1. The van der Waals surface area contributed by atoms with Crippen molar-refractivity contribution >= 4 is 12.0 Å². The van der Waals surface area contributed by atoms with E-state index < -0.39 is 0 Å². The molecule has 1 amide bonds. The van der Waals surface area contributed by atoms with Gasteiger partial charge in [0.1, 0.15) is 5.82 Å². The van der Waals surface area contributed by atoms with Crippen LogP contribution in [0.15, 0.2) is 30.3 Å². The largest absolute Gasteiger partial charge is 0.356 e. The van der Waals surface area contributed by atoms with E-state index >= 15 is 0 Å². The van der Waals surface area contributed by atoms with Crippen molar-refractivity contribution in [2.45, 2.75) is 25.3 Å². The zero-order chi connectivity index (χ0) is 15.5. The number of nitrogens with zero attached hydrogens (tertiary/aromatic N) is 1. The van der Waals surface area contributed by atoms with E-state index in [9.17, 15) is 9.18 Å². The Balaban J connectivity index is 1.51. The molecule has 4 heteroatoms. The van der Waals surface area contributed by atoms with E-state index in [1.807, 2.05) is 6.08 Å². The number of piperidine rings is 1. The number of carbonyl (C=O) groups excluding carboxylic acids is 1. The fourth-order valence-electron chi connectivity index (χ4n) is 3.67. The number of halogens is 1. The Hall–Kier alpha value is -1.68. The molecule has 118 valence electrons. The van der Waals surface area contributed by atoms with Crippen LogP contribution in [-0.2, 0) is 4.79 Å². The van der Waals surface area contributed by atoms with Crippen LogP contribution in [0.25, 0.3) is 6.08 Å². The number of nitrogens with one attached hydrogen (secondary N) is 1. The number of hydrogen-bond acceptors (Lipinski definition) is 2. The topological polar surface area (TPSA) is 32.3 Å². The zero-order valence-electron chi connectivity index (χ0n) is 13.0. The lowest BCUT2D eigenvalue weighted by molar-refractivity contribution is -0.124. The molecular weight excluding hydrogens is 279 g/mol. The molecule has 1 aliphatic heterocycles. The molecule has 0 aromatic heterocycles. The first-order chi connectivity index (χ1) is 10.6. The first kappa shape index (κ1) is 15.2. The highest BCUT2D eigenvalue weighted by Crippen LogP contribution is 2.38. The van der Waals surface area contributed by atoms with E-state index in [-0.39, 0.29) is 11.7 Å². The summed E-state index contributed by atoms with van der Waals surface area (Å²) in [5, 5.41) is 2.98. The molecular formula is C18H23FN2O. The average Bonchev–Trinajstić information content (AvgIpc) is 2.92. The van der Waals surface area contributed by atoms with E-state index in [4.69, 9.17) is 0 Å². The van der Waals surface area contributed by atoms with Crippen LogP contribution >= 0.6 is 0 Å². The first-order valence-corrected chi connectivity index (χ1v) is 8.01. The molecule has 2 aliphatic rings. The molecule has 1 aromatic rings. The van der Waals surface area contributed by atoms with Crippen LogP contribution in [0, 0.1) is 17.7 Å². The maximum Gasteiger partial charge on any atom is 0.220 e. The predicted octanol–water partition coefficient (Wildman–Crippen LogP) is 2.69. The first-order valence-electron chi connectivity index (χ1n) is 8.01. The van der Waals surface area contributed by atoms with Crippen LogP contribution in [0.3, 0.4) is 0 Å². The van der Waals surface area contributed by atoms with Crippen molar-refractivity contribution in [2.75, 3.05) is 20.1 Å². The summed E-state index contributed by atoms with van der Waals surface area (Å²) in [6.07, 6.45) is 7.15. The predicted molar refractivity (Wildman–Crippen MR) is 85.7 cm³/mol. The second kappa shape index (κ2) is 6.61. The number of amides is 1. The van der Waals surface area contributed by atoms with Gasteiger partial charge in [0.25, 0.3) is 0 Å². The van der Waals surface area contributed by atoms with Crippen LogP contribution in [-0.4, -0.2) is 37.0 Å². The van der Waals surface area contributed by atoms with E-state index in [0.717, 1.165) is 25.1 Å². The molecule has 1 heterocycles. The normalized spacial score (nSPS) is 28.1. The molecule has 1 saturated carbocycles.